The van der Waals surface area contributed by atoms with Gasteiger partial charge in [-0.2, -0.15) is 13.2 Å². The molecule has 31 heavy (non-hydrogen) atoms. The second kappa shape index (κ2) is 8.37. The van der Waals surface area contributed by atoms with Gasteiger partial charge in [0.25, 0.3) is 0 Å². The zero-order chi connectivity index (χ0) is 22.0. The number of ketones is 1. The summed E-state index contributed by atoms with van der Waals surface area (Å²) >= 11 is 0. The molecule has 0 bridgehead atoms. The second-order valence-electron chi connectivity index (χ2n) is 7.39. The molecule has 1 aliphatic heterocycles. The van der Waals surface area contributed by atoms with Gasteiger partial charge < -0.3 is 9.80 Å². The summed E-state index contributed by atoms with van der Waals surface area (Å²) in [4.78, 5) is 24.9. The molecular weight excluding hydrogens is 405 g/mol. The number of anilines is 2. The van der Waals surface area contributed by atoms with E-state index in [0.29, 0.717) is 48.9 Å². The molecule has 0 unspecified atom stereocenters. The van der Waals surface area contributed by atoms with E-state index in [9.17, 15) is 18.0 Å². The summed E-state index contributed by atoms with van der Waals surface area (Å²) in [5.74, 6) is 0.636. The highest BCUT2D eigenvalue weighted by atomic mass is 19.4. The predicted octanol–water partition coefficient (Wildman–Crippen LogP) is 4.69. The van der Waals surface area contributed by atoms with Crippen LogP contribution in [0.4, 0.5) is 24.7 Å². The number of rotatable bonds is 4. The number of hydrogen-bond acceptors (Lipinski definition) is 5. The molecule has 0 amide bonds. The van der Waals surface area contributed by atoms with Crippen LogP contribution < -0.4 is 9.80 Å². The Morgan fingerprint density at radius 3 is 2.35 bits per heavy atom. The number of aromatic nitrogens is 2. The lowest BCUT2D eigenvalue weighted by atomic mass is 10.0. The van der Waals surface area contributed by atoms with E-state index < -0.39 is 11.7 Å². The van der Waals surface area contributed by atoms with Crippen molar-refractivity contribution in [2.24, 2.45) is 0 Å². The molecule has 1 aromatic heterocycles. The number of carbonyl (C=O) groups is 1. The van der Waals surface area contributed by atoms with E-state index in [1.165, 1.54) is 19.1 Å². The Morgan fingerprint density at radius 1 is 0.935 bits per heavy atom. The fraction of sp³-hybridized carbons (Fsp3) is 0.261. The summed E-state index contributed by atoms with van der Waals surface area (Å²) in [6, 6.07) is 12.7. The number of halogens is 3. The quantitative estimate of drug-likeness (QED) is 0.567. The summed E-state index contributed by atoms with van der Waals surface area (Å²) in [7, 11) is 0. The number of hydrogen-bond donors (Lipinski definition) is 0. The number of benzene rings is 2. The van der Waals surface area contributed by atoms with Crippen LogP contribution in [0.2, 0.25) is 0 Å². The zero-order valence-electron chi connectivity index (χ0n) is 16.9. The highest BCUT2D eigenvalue weighted by Crippen LogP contribution is 2.32. The molecule has 0 N–H and O–H groups in total. The second-order valence-corrected chi connectivity index (χ2v) is 7.39. The maximum atomic E-state index is 13.0. The van der Waals surface area contributed by atoms with Crippen LogP contribution in [-0.4, -0.2) is 41.9 Å². The van der Waals surface area contributed by atoms with Crippen LogP contribution in [-0.2, 0) is 6.18 Å². The molecule has 0 saturated carbocycles. The molecule has 3 aromatic rings. The first-order chi connectivity index (χ1) is 14.8. The molecular formula is C23H21F3N4O. The summed E-state index contributed by atoms with van der Waals surface area (Å²) in [5, 5.41) is 0. The van der Waals surface area contributed by atoms with Gasteiger partial charge in [-0.05, 0) is 25.1 Å². The van der Waals surface area contributed by atoms with Gasteiger partial charge >= 0.3 is 6.18 Å². The van der Waals surface area contributed by atoms with Gasteiger partial charge in [0.2, 0.25) is 0 Å². The van der Waals surface area contributed by atoms with E-state index in [1.807, 2.05) is 23.1 Å². The van der Waals surface area contributed by atoms with E-state index in [0.717, 1.165) is 11.6 Å². The molecule has 2 heterocycles. The van der Waals surface area contributed by atoms with Crippen LogP contribution in [0.25, 0.3) is 11.3 Å². The molecule has 160 valence electrons. The first-order valence-corrected chi connectivity index (χ1v) is 9.92. The van der Waals surface area contributed by atoms with Crippen LogP contribution >= 0.6 is 0 Å². The Morgan fingerprint density at radius 2 is 1.65 bits per heavy atom. The highest BCUT2D eigenvalue weighted by molar-refractivity contribution is 6.00. The van der Waals surface area contributed by atoms with Gasteiger partial charge in [-0.3, -0.25) is 9.78 Å². The van der Waals surface area contributed by atoms with Crippen LogP contribution in [0.5, 0.6) is 0 Å². The monoisotopic (exact) mass is 426 g/mol. The third-order valence-electron chi connectivity index (χ3n) is 5.35. The number of Topliss-reactive ketones (excluding diaryl/α,β-unsaturated/α-hetero) is 1. The van der Waals surface area contributed by atoms with Crippen molar-refractivity contribution >= 4 is 17.3 Å². The number of nitrogens with zero attached hydrogens (tertiary/aromatic N) is 4. The predicted molar refractivity (Wildman–Crippen MR) is 113 cm³/mol. The van der Waals surface area contributed by atoms with Crippen molar-refractivity contribution in [3.63, 3.8) is 0 Å². The molecule has 1 fully saturated rings. The fourth-order valence-corrected chi connectivity index (χ4v) is 3.72. The summed E-state index contributed by atoms with van der Waals surface area (Å²) in [5.41, 5.74) is 1.85. The Balaban J connectivity index is 1.51. The number of piperazine rings is 1. The Kier molecular flexibility index (Phi) is 5.63. The van der Waals surface area contributed by atoms with Crippen molar-refractivity contribution in [1.82, 2.24) is 9.97 Å². The smallest absolute Gasteiger partial charge is 0.368 e. The van der Waals surface area contributed by atoms with Gasteiger partial charge in [0, 0.05) is 43.0 Å². The molecule has 2 aromatic carbocycles. The van der Waals surface area contributed by atoms with Gasteiger partial charge in [-0.1, -0.05) is 30.3 Å². The van der Waals surface area contributed by atoms with Crippen molar-refractivity contribution in [1.29, 1.82) is 0 Å². The van der Waals surface area contributed by atoms with Gasteiger partial charge in [-0.25, -0.2) is 4.98 Å². The van der Waals surface area contributed by atoms with Crippen molar-refractivity contribution in [3.8, 4) is 11.3 Å². The Labute approximate surface area is 178 Å². The van der Waals surface area contributed by atoms with E-state index in [1.54, 1.807) is 24.5 Å². The minimum Gasteiger partial charge on any atom is -0.368 e. The SMILES string of the molecule is CC(=O)c1ccccc1-c1cncc(N2CCN(c3cccc(C(F)(F)F)c3)CC2)n1. The van der Waals surface area contributed by atoms with Crippen LogP contribution in [0.15, 0.2) is 60.9 Å². The third-order valence-corrected chi connectivity index (χ3v) is 5.35. The minimum atomic E-state index is -4.36. The van der Waals surface area contributed by atoms with E-state index in [4.69, 9.17) is 4.98 Å². The molecule has 0 radical (unpaired) electrons. The normalized spacial score (nSPS) is 14.6. The maximum Gasteiger partial charge on any atom is 0.416 e. The van der Waals surface area contributed by atoms with Gasteiger partial charge in [0.1, 0.15) is 5.82 Å². The zero-order valence-corrected chi connectivity index (χ0v) is 16.9. The number of carbonyl (C=O) groups excluding carboxylic acids is 1. The lowest BCUT2D eigenvalue weighted by molar-refractivity contribution is -0.137. The van der Waals surface area contributed by atoms with Crippen LogP contribution in [0.3, 0.4) is 0 Å². The lowest BCUT2D eigenvalue weighted by Gasteiger charge is -2.36. The summed E-state index contributed by atoms with van der Waals surface area (Å²) in [6.45, 7) is 3.85. The average molecular weight is 426 g/mol. The lowest BCUT2D eigenvalue weighted by Crippen LogP contribution is -2.47. The highest BCUT2D eigenvalue weighted by Gasteiger charge is 2.31. The van der Waals surface area contributed by atoms with Crippen LogP contribution in [0.1, 0.15) is 22.8 Å². The molecule has 4 rings (SSSR count). The topological polar surface area (TPSA) is 49.3 Å². The van der Waals surface area contributed by atoms with E-state index in [2.05, 4.69) is 9.88 Å². The molecule has 0 atom stereocenters. The van der Waals surface area contributed by atoms with Crippen molar-refractivity contribution < 1.29 is 18.0 Å². The van der Waals surface area contributed by atoms with Gasteiger partial charge in [0.15, 0.2) is 5.78 Å². The third kappa shape index (κ3) is 4.52. The van der Waals surface area contributed by atoms with Gasteiger partial charge in [-0.15, -0.1) is 0 Å². The summed E-state index contributed by atoms with van der Waals surface area (Å²) < 4.78 is 39.0. The molecule has 1 aliphatic rings. The molecule has 0 spiro atoms. The molecule has 1 saturated heterocycles. The minimum absolute atomic E-state index is 0.0440. The largest absolute Gasteiger partial charge is 0.416 e. The van der Waals surface area contributed by atoms with Gasteiger partial charge in [0.05, 0.1) is 23.7 Å². The first-order valence-electron chi connectivity index (χ1n) is 9.92. The van der Waals surface area contributed by atoms with E-state index in [-0.39, 0.29) is 5.78 Å². The van der Waals surface area contributed by atoms with E-state index >= 15 is 0 Å². The van der Waals surface area contributed by atoms with Crippen LogP contribution in [0, 0.1) is 0 Å². The van der Waals surface area contributed by atoms with Crippen molar-refractivity contribution in [2.45, 2.75) is 13.1 Å². The average Bonchev–Trinajstić information content (AvgIpc) is 2.79. The van der Waals surface area contributed by atoms with Crippen molar-refractivity contribution in [3.05, 3.63) is 72.1 Å². The molecule has 5 nitrogen and oxygen atoms in total. The molecule has 8 heteroatoms. The Bertz CT molecular complexity index is 1090. The van der Waals surface area contributed by atoms with Crippen molar-refractivity contribution in [2.75, 3.05) is 36.0 Å². The fourth-order valence-electron chi connectivity index (χ4n) is 3.72. The summed E-state index contributed by atoms with van der Waals surface area (Å²) in [6.07, 6.45) is -1.06. The number of alkyl halides is 3. The molecule has 0 aliphatic carbocycles. The standard InChI is InChI=1S/C23H21F3N4O/c1-16(31)19-7-2-3-8-20(19)21-14-27-15-22(28-21)30-11-9-29(10-12-30)18-6-4-5-17(13-18)23(24,25)26/h2-8,13-15H,9-12H2,1H3. The first kappa shape index (κ1) is 20.8. The maximum absolute atomic E-state index is 13.0. The Hall–Kier alpha value is -3.42.